The summed E-state index contributed by atoms with van der Waals surface area (Å²) in [5, 5.41) is 15.8. The molecule has 0 aliphatic carbocycles. The van der Waals surface area contributed by atoms with E-state index in [4.69, 9.17) is 9.84 Å². The molecule has 0 bridgehead atoms. The van der Waals surface area contributed by atoms with Crippen molar-refractivity contribution in [2.75, 3.05) is 6.61 Å². The number of carbonyl (C=O) groups excluding carboxylic acids is 1. The molecule has 1 aromatic heterocycles. The van der Waals surface area contributed by atoms with E-state index >= 15 is 0 Å². The van der Waals surface area contributed by atoms with E-state index in [-0.39, 0.29) is 5.69 Å². The van der Waals surface area contributed by atoms with Crippen LogP contribution in [0.4, 0.5) is 0 Å². The summed E-state index contributed by atoms with van der Waals surface area (Å²) < 4.78 is 5.92. The van der Waals surface area contributed by atoms with Crippen LogP contribution in [0.1, 0.15) is 36.8 Å². The van der Waals surface area contributed by atoms with Crippen molar-refractivity contribution in [3.05, 3.63) is 11.9 Å². The highest BCUT2D eigenvalue weighted by atomic mass is 16.5. The largest absolute Gasteiger partial charge is 0.476 e. The fourth-order valence-corrected chi connectivity index (χ4v) is 1.11. The van der Waals surface area contributed by atoms with Crippen molar-refractivity contribution in [1.82, 2.24) is 15.0 Å². The van der Waals surface area contributed by atoms with E-state index in [1.807, 2.05) is 6.92 Å². The zero-order valence-electron chi connectivity index (χ0n) is 9.08. The molecule has 0 radical (unpaired) electrons. The molecule has 1 atom stereocenters. The predicted octanol–water partition coefficient (Wildman–Crippen LogP) is 0.490. The summed E-state index contributed by atoms with van der Waals surface area (Å²) in [4.78, 5) is 22.2. The van der Waals surface area contributed by atoms with Gasteiger partial charge in [-0.05, 0) is 13.3 Å². The minimum atomic E-state index is -1.18. The van der Waals surface area contributed by atoms with Crippen molar-refractivity contribution in [2.45, 2.75) is 26.3 Å². The van der Waals surface area contributed by atoms with Crippen LogP contribution in [0, 0.1) is 0 Å². The fourth-order valence-electron chi connectivity index (χ4n) is 1.11. The lowest BCUT2D eigenvalue weighted by molar-refractivity contribution is -0.147. The molecule has 1 aromatic rings. The van der Waals surface area contributed by atoms with Crippen molar-refractivity contribution in [1.29, 1.82) is 0 Å². The number of aromatic nitrogens is 3. The molecule has 0 aliphatic heterocycles. The van der Waals surface area contributed by atoms with Crippen LogP contribution in [-0.2, 0) is 9.53 Å². The Morgan fingerprint density at radius 2 is 2.31 bits per heavy atom. The summed E-state index contributed by atoms with van der Waals surface area (Å²) in [6.07, 6.45) is 1.80. The van der Waals surface area contributed by atoms with Crippen LogP contribution in [0.3, 0.4) is 0 Å². The van der Waals surface area contributed by atoms with Gasteiger partial charge in [-0.1, -0.05) is 12.1 Å². The van der Waals surface area contributed by atoms with Gasteiger partial charge in [0.1, 0.15) is 6.04 Å². The minimum absolute atomic E-state index is 0.138. The summed E-state index contributed by atoms with van der Waals surface area (Å²) in [5.41, 5.74) is -0.138. The van der Waals surface area contributed by atoms with Crippen LogP contribution in [0.5, 0.6) is 0 Å². The second-order valence-electron chi connectivity index (χ2n) is 3.21. The summed E-state index contributed by atoms with van der Waals surface area (Å²) in [6.45, 7) is 3.69. The standard InChI is InChI=1S/C9H13N3O4/c1-3-4-16-9(15)6(2)12-7(8(13)14)5-10-11-12/h5-6H,3-4H2,1-2H3,(H,13,14). The van der Waals surface area contributed by atoms with Gasteiger partial charge in [0, 0.05) is 0 Å². The second kappa shape index (κ2) is 5.24. The quantitative estimate of drug-likeness (QED) is 0.735. The van der Waals surface area contributed by atoms with Gasteiger partial charge in [0.25, 0.3) is 0 Å². The Balaban J connectivity index is 2.79. The van der Waals surface area contributed by atoms with Crippen molar-refractivity contribution in [3.63, 3.8) is 0 Å². The third-order valence-corrected chi connectivity index (χ3v) is 1.95. The van der Waals surface area contributed by atoms with Crippen LogP contribution in [0.15, 0.2) is 6.20 Å². The predicted molar refractivity (Wildman–Crippen MR) is 52.9 cm³/mol. The first-order chi connectivity index (χ1) is 7.57. The van der Waals surface area contributed by atoms with Crippen molar-refractivity contribution in [3.8, 4) is 0 Å². The molecule has 1 rings (SSSR count). The zero-order chi connectivity index (χ0) is 12.1. The van der Waals surface area contributed by atoms with Gasteiger partial charge >= 0.3 is 11.9 Å². The smallest absolute Gasteiger partial charge is 0.355 e. The maximum atomic E-state index is 11.5. The number of carboxylic acid groups (broad SMARTS) is 1. The molecular weight excluding hydrogens is 214 g/mol. The van der Waals surface area contributed by atoms with Gasteiger partial charge in [-0.2, -0.15) is 0 Å². The molecule has 88 valence electrons. The molecule has 7 nitrogen and oxygen atoms in total. The van der Waals surface area contributed by atoms with Crippen molar-refractivity contribution in [2.24, 2.45) is 0 Å². The fraction of sp³-hybridized carbons (Fsp3) is 0.556. The highest BCUT2D eigenvalue weighted by Gasteiger charge is 2.23. The van der Waals surface area contributed by atoms with Crippen LogP contribution in [0.25, 0.3) is 0 Å². The number of aromatic carboxylic acids is 1. The average molecular weight is 227 g/mol. The maximum Gasteiger partial charge on any atom is 0.355 e. The van der Waals surface area contributed by atoms with E-state index in [1.54, 1.807) is 0 Å². The SMILES string of the molecule is CCCOC(=O)C(C)n1nncc1C(=O)O. The molecular formula is C9H13N3O4. The Hall–Kier alpha value is -1.92. The second-order valence-corrected chi connectivity index (χ2v) is 3.21. The zero-order valence-corrected chi connectivity index (χ0v) is 9.08. The Bertz CT molecular complexity index is 388. The Labute approximate surface area is 92.0 Å². The van der Waals surface area contributed by atoms with E-state index in [9.17, 15) is 9.59 Å². The number of esters is 1. The summed E-state index contributed by atoms with van der Waals surface area (Å²) >= 11 is 0. The molecule has 0 spiro atoms. The highest BCUT2D eigenvalue weighted by molar-refractivity contribution is 5.86. The first-order valence-corrected chi connectivity index (χ1v) is 4.88. The highest BCUT2D eigenvalue weighted by Crippen LogP contribution is 2.09. The number of carboxylic acids is 1. The van der Waals surface area contributed by atoms with Gasteiger partial charge in [-0.3, -0.25) is 0 Å². The first-order valence-electron chi connectivity index (χ1n) is 4.88. The molecule has 0 aromatic carbocycles. The van der Waals surface area contributed by atoms with Crippen molar-refractivity contribution >= 4 is 11.9 Å². The lowest BCUT2D eigenvalue weighted by atomic mass is 10.3. The maximum absolute atomic E-state index is 11.5. The molecule has 1 heterocycles. The number of rotatable bonds is 5. The van der Waals surface area contributed by atoms with Gasteiger partial charge in [0.05, 0.1) is 12.8 Å². The first kappa shape index (κ1) is 12.2. The Morgan fingerprint density at radius 1 is 1.62 bits per heavy atom. The Morgan fingerprint density at radius 3 is 2.88 bits per heavy atom. The van der Waals surface area contributed by atoms with Gasteiger partial charge in [-0.25, -0.2) is 14.3 Å². The van der Waals surface area contributed by atoms with E-state index < -0.39 is 18.0 Å². The topological polar surface area (TPSA) is 94.3 Å². The summed E-state index contributed by atoms with van der Waals surface area (Å²) in [5.74, 6) is -1.70. The van der Waals surface area contributed by atoms with Crippen LogP contribution in [-0.4, -0.2) is 38.6 Å². The molecule has 0 fully saturated rings. The van der Waals surface area contributed by atoms with Crippen molar-refractivity contribution < 1.29 is 19.4 Å². The molecule has 1 unspecified atom stereocenters. The number of hydrogen-bond donors (Lipinski definition) is 1. The van der Waals surface area contributed by atoms with Crippen LogP contribution >= 0.6 is 0 Å². The molecule has 1 N–H and O–H groups in total. The lowest BCUT2D eigenvalue weighted by Gasteiger charge is -2.11. The monoisotopic (exact) mass is 227 g/mol. The molecule has 0 saturated carbocycles. The van der Waals surface area contributed by atoms with Gasteiger partial charge < -0.3 is 9.84 Å². The van der Waals surface area contributed by atoms with E-state index in [0.29, 0.717) is 13.0 Å². The minimum Gasteiger partial charge on any atom is -0.476 e. The van der Waals surface area contributed by atoms with Gasteiger partial charge in [-0.15, -0.1) is 5.10 Å². The number of nitrogens with zero attached hydrogens (tertiary/aromatic N) is 3. The number of carbonyl (C=O) groups is 2. The van der Waals surface area contributed by atoms with E-state index in [2.05, 4.69) is 10.3 Å². The third-order valence-electron chi connectivity index (χ3n) is 1.95. The molecule has 0 amide bonds. The van der Waals surface area contributed by atoms with Gasteiger partial charge in [0.2, 0.25) is 0 Å². The van der Waals surface area contributed by atoms with Crippen LogP contribution in [0.2, 0.25) is 0 Å². The van der Waals surface area contributed by atoms with E-state index in [0.717, 1.165) is 10.9 Å². The average Bonchev–Trinajstić information content (AvgIpc) is 2.73. The molecule has 0 saturated heterocycles. The third kappa shape index (κ3) is 2.56. The summed E-state index contributed by atoms with van der Waals surface area (Å²) in [7, 11) is 0. The van der Waals surface area contributed by atoms with Crippen LogP contribution < -0.4 is 0 Å². The number of hydrogen-bond acceptors (Lipinski definition) is 5. The lowest BCUT2D eigenvalue weighted by Crippen LogP contribution is -2.23. The molecule has 7 heteroatoms. The summed E-state index contributed by atoms with van der Waals surface area (Å²) in [6, 6.07) is -0.792. The van der Waals surface area contributed by atoms with E-state index in [1.165, 1.54) is 6.92 Å². The molecule has 0 aliphatic rings. The normalized spacial score (nSPS) is 12.1. The Kier molecular flexibility index (Phi) is 3.98. The molecule has 16 heavy (non-hydrogen) atoms. The number of ether oxygens (including phenoxy) is 1. The van der Waals surface area contributed by atoms with Gasteiger partial charge in [0.15, 0.2) is 5.69 Å².